The highest BCUT2D eigenvalue weighted by atomic mass is 14.5. The van der Waals surface area contributed by atoms with E-state index in [9.17, 15) is 0 Å². The molecule has 0 aliphatic heterocycles. The van der Waals surface area contributed by atoms with Gasteiger partial charge < -0.3 is 0 Å². The minimum absolute atomic E-state index is 0.464. The van der Waals surface area contributed by atoms with Gasteiger partial charge in [-0.05, 0) is 151 Å². The first-order chi connectivity index (χ1) is 28.3. The van der Waals surface area contributed by atoms with Crippen LogP contribution < -0.4 is 0 Å². The van der Waals surface area contributed by atoms with Gasteiger partial charge in [-0.3, -0.25) is 0 Å². The average Bonchev–Trinajstić information content (AvgIpc) is 3.73. The molecular formula is C57H34. The van der Waals surface area contributed by atoms with Crippen molar-refractivity contribution in [2.45, 2.75) is 5.41 Å². The SMILES string of the molecule is c1ccc2c(c1)-c1ccccc1C21c2cc(-c3c4ccccc4cc4c3ccc3ccccc34)ccc2-c2cc3c(-c4ccc5ccccc5c4)cccc3cc21. The molecule has 13 rings (SSSR count). The van der Waals surface area contributed by atoms with Crippen LogP contribution in [0.3, 0.4) is 0 Å². The molecule has 57 heavy (non-hydrogen) atoms. The Labute approximate surface area is 330 Å². The Balaban J connectivity index is 1.14. The summed E-state index contributed by atoms with van der Waals surface area (Å²) in [6, 6.07) is 77.8. The Bertz CT molecular complexity index is 3480. The molecule has 0 atom stereocenters. The highest BCUT2D eigenvalue weighted by Gasteiger charge is 2.51. The first-order valence-electron chi connectivity index (χ1n) is 20.0. The molecule has 0 saturated carbocycles. The number of benzene rings is 11. The average molecular weight is 719 g/mol. The molecule has 0 amide bonds. The standard InChI is InChI=1S/C57H34/c1-2-14-37-30-40(25-24-35(37)12-1)43-21-11-16-39-32-55-51(34-49(39)43)47-28-27-41(33-54(47)57(55)52-22-9-7-19-45(52)46-20-8-10-23-53(46)57)56-44-18-6-4-15-38(44)31-50-42-17-5-3-13-36(42)26-29-48(50)56/h1-34H. The molecule has 0 aromatic heterocycles. The second-order valence-corrected chi connectivity index (χ2v) is 15.9. The topological polar surface area (TPSA) is 0 Å². The van der Waals surface area contributed by atoms with Crippen LogP contribution in [0.5, 0.6) is 0 Å². The molecule has 0 radical (unpaired) electrons. The van der Waals surface area contributed by atoms with Crippen LogP contribution >= 0.6 is 0 Å². The van der Waals surface area contributed by atoms with E-state index in [0.717, 1.165) is 0 Å². The Morgan fingerprint density at radius 3 is 1.63 bits per heavy atom. The molecule has 0 bridgehead atoms. The summed E-state index contributed by atoms with van der Waals surface area (Å²) in [5, 5.41) is 12.8. The van der Waals surface area contributed by atoms with Crippen molar-refractivity contribution in [3.63, 3.8) is 0 Å². The third-order valence-corrected chi connectivity index (χ3v) is 13.2. The first kappa shape index (κ1) is 31.0. The van der Waals surface area contributed by atoms with Crippen LogP contribution in [0.4, 0.5) is 0 Å². The Morgan fingerprint density at radius 1 is 0.228 bits per heavy atom. The smallest absolute Gasteiger partial charge is 0.0619 e. The van der Waals surface area contributed by atoms with Gasteiger partial charge in [0.2, 0.25) is 0 Å². The second kappa shape index (κ2) is 11.4. The van der Waals surface area contributed by atoms with E-state index < -0.39 is 5.41 Å². The van der Waals surface area contributed by atoms with Crippen molar-refractivity contribution in [1.29, 1.82) is 0 Å². The van der Waals surface area contributed by atoms with E-state index in [4.69, 9.17) is 0 Å². The third kappa shape index (κ3) is 4.12. The minimum atomic E-state index is -0.464. The van der Waals surface area contributed by atoms with Crippen LogP contribution in [0.1, 0.15) is 22.3 Å². The maximum Gasteiger partial charge on any atom is 0.0725 e. The van der Waals surface area contributed by atoms with Crippen molar-refractivity contribution >= 4 is 53.9 Å². The minimum Gasteiger partial charge on any atom is -0.0619 e. The summed E-state index contributed by atoms with van der Waals surface area (Å²) in [5.41, 5.74) is 15.3. The summed E-state index contributed by atoms with van der Waals surface area (Å²) < 4.78 is 0. The normalized spacial score (nSPS) is 13.4. The predicted molar refractivity (Wildman–Crippen MR) is 241 cm³/mol. The van der Waals surface area contributed by atoms with Crippen molar-refractivity contribution in [2.24, 2.45) is 0 Å². The molecule has 0 N–H and O–H groups in total. The van der Waals surface area contributed by atoms with Crippen molar-refractivity contribution in [2.75, 3.05) is 0 Å². The lowest BCUT2D eigenvalue weighted by Crippen LogP contribution is -2.25. The molecule has 2 aliphatic rings. The molecule has 2 aliphatic carbocycles. The van der Waals surface area contributed by atoms with E-state index in [0.29, 0.717) is 0 Å². The lowest BCUT2D eigenvalue weighted by Gasteiger charge is -2.31. The van der Waals surface area contributed by atoms with Gasteiger partial charge in [0, 0.05) is 0 Å². The van der Waals surface area contributed by atoms with Gasteiger partial charge in [0.1, 0.15) is 0 Å². The van der Waals surface area contributed by atoms with E-state index >= 15 is 0 Å². The highest BCUT2D eigenvalue weighted by Crippen LogP contribution is 2.64. The molecule has 0 heterocycles. The van der Waals surface area contributed by atoms with Gasteiger partial charge in [-0.25, -0.2) is 0 Å². The fourth-order valence-electron chi connectivity index (χ4n) is 10.8. The van der Waals surface area contributed by atoms with Crippen molar-refractivity contribution in [3.05, 3.63) is 229 Å². The zero-order valence-corrected chi connectivity index (χ0v) is 31.1. The van der Waals surface area contributed by atoms with Crippen LogP contribution in [-0.2, 0) is 5.41 Å². The summed E-state index contributed by atoms with van der Waals surface area (Å²) in [7, 11) is 0. The quantitative estimate of drug-likeness (QED) is 0.123. The molecule has 0 fully saturated rings. The molecular weight excluding hydrogens is 685 g/mol. The maximum atomic E-state index is 2.56. The third-order valence-electron chi connectivity index (χ3n) is 13.2. The lowest BCUT2D eigenvalue weighted by atomic mass is 9.70. The van der Waals surface area contributed by atoms with Gasteiger partial charge in [-0.1, -0.05) is 176 Å². The zero-order valence-electron chi connectivity index (χ0n) is 31.1. The largest absolute Gasteiger partial charge is 0.0725 e. The molecule has 0 saturated heterocycles. The zero-order chi connectivity index (χ0) is 37.2. The van der Waals surface area contributed by atoms with Gasteiger partial charge in [0.25, 0.3) is 0 Å². The van der Waals surface area contributed by atoms with E-state index in [1.807, 2.05) is 0 Å². The molecule has 0 nitrogen and oxygen atoms in total. The highest BCUT2D eigenvalue weighted by molar-refractivity contribution is 6.20. The summed E-state index contributed by atoms with van der Waals surface area (Å²) in [5.74, 6) is 0. The number of hydrogen-bond donors (Lipinski definition) is 0. The van der Waals surface area contributed by atoms with Gasteiger partial charge in [-0.2, -0.15) is 0 Å². The molecule has 0 heteroatoms. The van der Waals surface area contributed by atoms with Crippen LogP contribution in [0.25, 0.3) is 98.4 Å². The Morgan fingerprint density at radius 2 is 0.807 bits per heavy atom. The van der Waals surface area contributed by atoms with Crippen LogP contribution in [0, 0.1) is 0 Å². The van der Waals surface area contributed by atoms with Crippen molar-refractivity contribution < 1.29 is 0 Å². The molecule has 0 unspecified atom stereocenters. The number of rotatable bonds is 2. The molecule has 11 aromatic rings. The Hall–Kier alpha value is -7.28. The van der Waals surface area contributed by atoms with Gasteiger partial charge in [-0.15, -0.1) is 0 Å². The monoisotopic (exact) mass is 718 g/mol. The predicted octanol–water partition coefficient (Wildman–Crippen LogP) is 15.1. The molecule has 11 aromatic carbocycles. The van der Waals surface area contributed by atoms with Gasteiger partial charge in [0.15, 0.2) is 0 Å². The van der Waals surface area contributed by atoms with E-state index in [1.54, 1.807) is 0 Å². The summed E-state index contributed by atoms with van der Waals surface area (Å²) in [4.78, 5) is 0. The summed E-state index contributed by atoms with van der Waals surface area (Å²) in [6.07, 6.45) is 0. The fourth-order valence-corrected chi connectivity index (χ4v) is 10.8. The maximum absolute atomic E-state index is 2.56. The molecule has 262 valence electrons. The number of hydrogen-bond acceptors (Lipinski definition) is 0. The van der Waals surface area contributed by atoms with Crippen LogP contribution in [0.15, 0.2) is 206 Å². The molecule has 1 spiro atoms. The van der Waals surface area contributed by atoms with E-state index in [1.165, 1.54) is 121 Å². The fraction of sp³-hybridized carbons (Fsp3) is 0.0175. The van der Waals surface area contributed by atoms with Crippen molar-refractivity contribution in [1.82, 2.24) is 0 Å². The first-order valence-corrected chi connectivity index (χ1v) is 20.0. The van der Waals surface area contributed by atoms with Crippen molar-refractivity contribution in [3.8, 4) is 44.5 Å². The van der Waals surface area contributed by atoms with E-state index in [2.05, 4.69) is 206 Å². The van der Waals surface area contributed by atoms with Gasteiger partial charge >= 0.3 is 0 Å². The van der Waals surface area contributed by atoms with Crippen LogP contribution in [0.2, 0.25) is 0 Å². The lowest BCUT2D eigenvalue weighted by molar-refractivity contribution is 0.795. The summed E-state index contributed by atoms with van der Waals surface area (Å²) in [6.45, 7) is 0. The second-order valence-electron chi connectivity index (χ2n) is 15.9. The van der Waals surface area contributed by atoms with Crippen LogP contribution in [-0.4, -0.2) is 0 Å². The summed E-state index contributed by atoms with van der Waals surface area (Å²) >= 11 is 0. The Kier molecular flexibility index (Phi) is 6.19. The van der Waals surface area contributed by atoms with Gasteiger partial charge in [0.05, 0.1) is 5.41 Å². The number of fused-ring (bicyclic) bond motifs is 16. The van der Waals surface area contributed by atoms with E-state index in [-0.39, 0.29) is 0 Å².